The highest BCUT2D eigenvalue weighted by atomic mass is 31.2. The van der Waals surface area contributed by atoms with Crippen molar-refractivity contribution in [1.29, 1.82) is 0 Å². The zero-order chi connectivity index (χ0) is 20.9. The average Bonchev–Trinajstić information content (AvgIpc) is 2.66. The molecular formula is C20H24NO6P. The summed E-state index contributed by atoms with van der Waals surface area (Å²) in [6, 6.07) is 15.6. The van der Waals surface area contributed by atoms with Crippen molar-refractivity contribution < 1.29 is 29.0 Å². The van der Waals surface area contributed by atoms with Crippen LogP contribution in [0.2, 0.25) is 0 Å². The van der Waals surface area contributed by atoms with E-state index >= 15 is 0 Å². The van der Waals surface area contributed by atoms with Gasteiger partial charge in [0.25, 0.3) is 0 Å². The van der Waals surface area contributed by atoms with Gasteiger partial charge in [-0.3, -0.25) is 14.2 Å². The van der Waals surface area contributed by atoms with Gasteiger partial charge in [-0.25, -0.2) is 0 Å². The summed E-state index contributed by atoms with van der Waals surface area (Å²) in [5, 5.41) is 9.06. The van der Waals surface area contributed by atoms with E-state index < -0.39 is 43.4 Å². The highest BCUT2D eigenvalue weighted by molar-refractivity contribution is 7.51. The highest BCUT2D eigenvalue weighted by Gasteiger charge is 2.35. The molecule has 0 aliphatic carbocycles. The molecule has 0 heterocycles. The van der Waals surface area contributed by atoms with Gasteiger partial charge in [0.1, 0.15) is 0 Å². The monoisotopic (exact) mass is 405 g/mol. The maximum absolute atomic E-state index is 12.6. The predicted octanol–water partition coefficient (Wildman–Crippen LogP) is 2.31. The minimum atomic E-state index is -4.49. The van der Waals surface area contributed by atoms with Gasteiger partial charge >= 0.3 is 13.6 Å². The van der Waals surface area contributed by atoms with Gasteiger partial charge in [-0.1, -0.05) is 54.6 Å². The van der Waals surface area contributed by atoms with Gasteiger partial charge in [-0.15, -0.1) is 0 Å². The molecule has 0 radical (unpaired) electrons. The summed E-state index contributed by atoms with van der Waals surface area (Å²) in [5.74, 6) is -4.11. The number of rotatable bonds is 9. The third-order valence-corrected chi connectivity index (χ3v) is 5.58. The Hall–Kier alpha value is -2.31. The van der Waals surface area contributed by atoms with E-state index in [0.29, 0.717) is 5.56 Å². The minimum Gasteiger partial charge on any atom is -0.481 e. The van der Waals surface area contributed by atoms with Crippen LogP contribution in [0.15, 0.2) is 54.6 Å². The first kappa shape index (κ1) is 22.0. The molecule has 0 saturated heterocycles. The molecule has 2 aromatic carbocycles. The first-order valence-electron chi connectivity index (χ1n) is 8.79. The number of carbonyl (C=O) groups is 2. The van der Waals surface area contributed by atoms with Crippen LogP contribution in [0.5, 0.6) is 0 Å². The Balaban J connectivity index is 2.21. The van der Waals surface area contributed by atoms with Gasteiger partial charge in [-0.05, 0) is 30.0 Å². The van der Waals surface area contributed by atoms with Gasteiger partial charge in [0.2, 0.25) is 0 Å². The van der Waals surface area contributed by atoms with E-state index in [9.17, 15) is 23.9 Å². The van der Waals surface area contributed by atoms with Gasteiger partial charge in [0.05, 0.1) is 18.1 Å². The number of carboxylic acids is 1. The molecule has 0 spiro atoms. The smallest absolute Gasteiger partial charge is 0.326 e. The van der Waals surface area contributed by atoms with Crippen LogP contribution in [0.3, 0.4) is 0 Å². The molecule has 0 aliphatic heterocycles. The number of Topliss-reactive ketones (excluding diaryl/α,β-unsaturated/α-hetero) is 1. The number of carboxylic acid groups (broad SMARTS) is 1. The molecule has 0 aliphatic rings. The number of nitrogens with two attached hydrogens (primary N) is 1. The first-order valence-corrected chi connectivity index (χ1v) is 10.6. The highest BCUT2D eigenvalue weighted by Crippen LogP contribution is 2.38. The lowest BCUT2D eigenvalue weighted by molar-refractivity contribution is -0.144. The third-order valence-electron chi connectivity index (χ3n) is 4.66. The molecule has 0 saturated carbocycles. The summed E-state index contributed by atoms with van der Waals surface area (Å²) in [6.45, 7) is 1.30. The Bertz CT molecular complexity index is 862. The van der Waals surface area contributed by atoms with Crippen molar-refractivity contribution in [3.63, 3.8) is 0 Å². The fourth-order valence-electron chi connectivity index (χ4n) is 2.96. The van der Waals surface area contributed by atoms with E-state index in [1.54, 1.807) is 12.1 Å². The normalized spacial score (nSPS) is 14.9. The molecule has 28 heavy (non-hydrogen) atoms. The van der Waals surface area contributed by atoms with E-state index in [4.69, 9.17) is 10.8 Å². The molecule has 2 aromatic rings. The third kappa shape index (κ3) is 6.11. The maximum atomic E-state index is 12.6. The zero-order valence-corrected chi connectivity index (χ0v) is 16.3. The number of ketones is 1. The van der Waals surface area contributed by atoms with Crippen LogP contribution in [0.25, 0.3) is 11.1 Å². The van der Waals surface area contributed by atoms with Crippen LogP contribution >= 0.6 is 7.60 Å². The summed E-state index contributed by atoms with van der Waals surface area (Å²) >= 11 is 0. The van der Waals surface area contributed by atoms with E-state index in [0.717, 1.165) is 11.1 Å². The molecule has 5 N–H and O–H groups in total. The van der Waals surface area contributed by atoms with Crippen molar-refractivity contribution in [2.45, 2.75) is 19.4 Å². The maximum Gasteiger partial charge on any atom is 0.326 e. The molecule has 3 atom stereocenters. The molecule has 7 nitrogen and oxygen atoms in total. The molecule has 0 fully saturated rings. The molecule has 3 unspecified atom stereocenters. The Morgan fingerprint density at radius 3 is 2.04 bits per heavy atom. The summed E-state index contributed by atoms with van der Waals surface area (Å²) in [4.78, 5) is 42.4. The number of hydrogen-bond donors (Lipinski definition) is 4. The molecular weight excluding hydrogens is 381 g/mol. The van der Waals surface area contributed by atoms with Gasteiger partial charge in [0, 0.05) is 5.92 Å². The summed E-state index contributed by atoms with van der Waals surface area (Å²) in [5.41, 5.74) is 8.45. The molecule has 150 valence electrons. The van der Waals surface area contributed by atoms with Crippen molar-refractivity contribution in [3.05, 3.63) is 60.2 Å². The number of carbonyl (C=O) groups excluding carboxylic acids is 1. The summed E-state index contributed by atoms with van der Waals surface area (Å²) in [6.07, 6.45) is -0.606. The second kappa shape index (κ2) is 9.26. The predicted molar refractivity (Wildman–Crippen MR) is 106 cm³/mol. The first-order chi connectivity index (χ1) is 13.1. The number of aliphatic carboxylic acids is 1. The van der Waals surface area contributed by atoms with Gasteiger partial charge < -0.3 is 20.6 Å². The van der Waals surface area contributed by atoms with E-state index in [1.807, 2.05) is 42.5 Å². The fraction of sp³-hybridized carbons (Fsp3) is 0.300. The van der Waals surface area contributed by atoms with Crippen LogP contribution in [-0.4, -0.2) is 38.8 Å². The van der Waals surface area contributed by atoms with Crippen LogP contribution in [0.4, 0.5) is 0 Å². The number of hydrogen-bond acceptors (Lipinski definition) is 4. The molecule has 2 rings (SSSR count). The Morgan fingerprint density at radius 2 is 1.54 bits per heavy atom. The van der Waals surface area contributed by atoms with E-state index in [1.165, 1.54) is 6.92 Å². The van der Waals surface area contributed by atoms with E-state index in [2.05, 4.69) is 0 Å². The van der Waals surface area contributed by atoms with Gasteiger partial charge in [0.15, 0.2) is 5.78 Å². The molecule has 0 bridgehead atoms. The SMILES string of the molecule is CC(C(=O)O)C(N)C(=O)C(Cc1ccc(-c2ccccc2)cc1)CP(=O)(O)O. The second-order valence-electron chi connectivity index (χ2n) is 6.87. The van der Waals surface area contributed by atoms with Crippen molar-refractivity contribution in [2.24, 2.45) is 17.6 Å². The molecule has 0 amide bonds. The van der Waals surface area contributed by atoms with Crippen molar-refractivity contribution >= 4 is 19.3 Å². The van der Waals surface area contributed by atoms with Crippen LogP contribution in [0.1, 0.15) is 12.5 Å². The topological polar surface area (TPSA) is 138 Å². The minimum absolute atomic E-state index is 0.0685. The van der Waals surface area contributed by atoms with Crippen LogP contribution < -0.4 is 5.73 Å². The lowest BCUT2D eigenvalue weighted by Gasteiger charge is -2.22. The van der Waals surface area contributed by atoms with Crippen molar-refractivity contribution in [1.82, 2.24) is 0 Å². The number of benzene rings is 2. The average molecular weight is 405 g/mol. The lowest BCUT2D eigenvalue weighted by atomic mass is 9.87. The zero-order valence-electron chi connectivity index (χ0n) is 15.4. The fourth-order valence-corrected chi connectivity index (χ4v) is 3.85. The van der Waals surface area contributed by atoms with E-state index in [-0.39, 0.29) is 6.42 Å². The van der Waals surface area contributed by atoms with Crippen LogP contribution in [0, 0.1) is 11.8 Å². The quantitative estimate of drug-likeness (QED) is 0.470. The molecule has 0 aromatic heterocycles. The standard InChI is InChI=1S/C20H24NO6P/c1-13(20(23)24)18(21)19(22)17(12-28(25,26)27)11-14-7-9-16(10-8-14)15-5-3-2-4-6-15/h2-10,13,17-18H,11-12,21H2,1H3,(H,23,24)(H2,25,26,27). The largest absolute Gasteiger partial charge is 0.481 e. The Morgan fingerprint density at radius 1 is 1.00 bits per heavy atom. The van der Waals surface area contributed by atoms with Crippen molar-refractivity contribution in [2.75, 3.05) is 6.16 Å². The second-order valence-corrected chi connectivity index (χ2v) is 8.56. The Kier molecular flexibility index (Phi) is 7.27. The summed E-state index contributed by atoms with van der Waals surface area (Å²) < 4.78 is 11.5. The lowest BCUT2D eigenvalue weighted by Crippen LogP contribution is -2.45. The van der Waals surface area contributed by atoms with Gasteiger partial charge in [-0.2, -0.15) is 0 Å². The van der Waals surface area contributed by atoms with Crippen LogP contribution in [-0.2, 0) is 20.6 Å². The van der Waals surface area contributed by atoms with Crippen molar-refractivity contribution in [3.8, 4) is 11.1 Å². The molecule has 8 heteroatoms. The summed E-state index contributed by atoms with van der Waals surface area (Å²) in [7, 11) is -4.49. The Labute approximate surface area is 163 Å².